The Morgan fingerprint density at radius 2 is 2.10 bits per heavy atom. The highest BCUT2D eigenvalue weighted by Crippen LogP contribution is 2.25. The molecule has 1 N–H and O–H groups in total. The Bertz CT molecular complexity index is 461. The highest BCUT2D eigenvalue weighted by Gasteiger charge is 2.13. The summed E-state index contributed by atoms with van der Waals surface area (Å²) in [6, 6.07) is 6.05. The number of benzene rings is 1. The number of rotatable bonds is 6. The molecule has 0 heterocycles. The molecule has 0 bridgehead atoms. The van der Waals surface area contributed by atoms with Gasteiger partial charge in [-0.2, -0.15) is 0 Å². The van der Waals surface area contributed by atoms with Gasteiger partial charge in [0, 0.05) is 16.6 Å². The number of hydrogen-bond donors (Lipinski definition) is 1. The van der Waals surface area contributed by atoms with E-state index in [9.17, 15) is 0 Å². The van der Waals surface area contributed by atoms with Crippen molar-refractivity contribution in [3.8, 4) is 18.1 Å². The zero-order valence-electron chi connectivity index (χ0n) is 11.8. The summed E-state index contributed by atoms with van der Waals surface area (Å²) in [6.45, 7) is 2.24. The van der Waals surface area contributed by atoms with Crippen LogP contribution in [-0.4, -0.2) is 13.2 Å². The third-order valence-corrected chi connectivity index (χ3v) is 4.30. The summed E-state index contributed by atoms with van der Waals surface area (Å²) in [4.78, 5) is 0. The van der Waals surface area contributed by atoms with Gasteiger partial charge in [-0.15, -0.1) is 6.42 Å². The van der Waals surface area contributed by atoms with Gasteiger partial charge in [0.1, 0.15) is 12.4 Å². The van der Waals surface area contributed by atoms with Gasteiger partial charge in [-0.1, -0.05) is 41.1 Å². The van der Waals surface area contributed by atoms with Crippen molar-refractivity contribution >= 4 is 15.9 Å². The highest BCUT2D eigenvalue weighted by atomic mass is 79.9. The molecule has 2 nitrogen and oxygen atoms in total. The van der Waals surface area contributed by atoms with E-state index < -0.39 is 0 Å². The van der Waals surface area contributed by atoms with Crippen molar-refractivity contribution in [2.24, 2.45) is 5.92 Å². The van der Waals surface area contributed by atoms with E-state index in [0.717, 1.165) is 34.8 Å². The Labute approximate surface area is 130 Å². The lowest BCUT2D eigenvalue weighted by Crippen LogP contribution is -2.24. The second kappa shape index (κ2) is 8.34. The summed E-state index contributed by atoms with van der Waals surface area (Å²) < 4.78 is 6.66. The zero-order chi connectivity index (χ0) is 14.2. The summed E-state index contributed by atoms with van der Waals surface area (Å²) in [5, 5.41) is 3.56. The Morgan fingerprint density at radius 1 is 1.30 bits per heavy atom. The van der Waals surface area contributed by atoms with Crippen LogP contribution in [0.1, 0.15) is 37.7 Å². The summed E-state index contributed by atoms with van der Waals surface area (Å²) in [5.74, 6) is 4.23. The van der Waals surface area contributed by atoms with Crippen LogP contribution < -0.4 is 10.1 Å². The molecule has 2 rings (SSSR count). The molecule has 1 aliphatic carbocycles. The lowest BCUT2D eigenvalue weighted by molar-refractivity contribution is 0.338. The fraction of sp³-hybridized carbons (Fsp3) is 0.529. The van der Waals surface area contributed by atoms with Crippen molar-refractivity contribution in [3.63, 3.8) is 0 Å². The van der Waals surface area contributed by atoms with Crippen LogP contribution in [0.25, 0.3) is 0 Å². The number of halogens is 1. The van der Waals surface area contributed by atoms with Crippen LogP contribution in [0.3, 0.4) is 0 Å². The molecule has 0 spiro atoms. The van der Waals surface area contributed by atoms with Crippen molar-refractivity contribution in [2.45, 2.75) is 38.6 Å². The van der Waals surface area contributed by atoms with Crippen LogP contribution in [0.2, 0.25) is 0 Å². The maximum atomic E-state index is 5.59. The molecule has 1 fully saturated rings. The molecule has 20 heavy (non-hydrogen) atoms. The average Bonchev–Trinajstić information content (AvgIpc) is 2.47. The standard InChI is InChI=1S/C17H22BrNO/c1-2-10-20-17-9-8-16(18)11-15(17)13-19-12-14-6-4-3-5-7-14/h1,8-9,11,14,19H,3-7,10,12-13H2. The van der Waals surface area contributed by atoms with E-state index in [-0.39, 0.29) is 0 Å². The van der Waals surface area contributed by atoms with Gasteiger partial charge < -0.3 is 10.1 Å². The predicted molar refractivity (Wildman–Crippen MR) is 86.8 cm³/mol. The first kappa shape index (κ1) is 15.4. The van der Waals surface area contributed by atoms with Crippen LogP contribution >= 0.6 is 15.9 Å². The molecule has 0 saturated heterocycles. The normalized spacial score (nSPS) is 15.8. The smallest absolute Gasteiger partial charge is 0.148 e. The second-order valence-corrected chi connectivity index (χ2v) is 6.30. The number of terminal acetylenes is 1. The van der Waals surface area contributed by atoms with Gasteiger partial charge >= 0.3 is 0 Å². The van der Waals surface area contributed by atoms with E-state index in [2.05, 4.69) is 33.2 Å². The molecular weight excluding hydrogens is 314 g/mol. The van der Waals surface area contributed by atoms with Crippen molar-refractivity contribution in [1.82, 2.24) is 5.32 Å². The third kappa shape index (κ3) is 4.85. The maximum Gasteiger partial charge on any atom is 0.148 e. The number of hydrogen-bond acceptors (Lipinski definition) is 2. The molecule has 0 aliphatic heterocycles. The molecule has 0 unspecified atom stereocenters. The van der Waals surface area contributed by atoms with Gasteiger partial charge in [0.05, 0.1) is 0 Å². The monoisotopic (exact) mass is 335 g/mol. The quantitative estimate of drug-likeness (QED) is 0.789. The molecule has 1 aromatic carbocycles. The van der Waals surface area contributed by atoms with E-state index in [1.807, 2.05) is 12.1 Å². The van der Waals surface area contributed by atoms with Crippen LogP contribution in [0.4, 0.5) is 0 Å². The SMILES string of the molecule is C#CCOc1ccc(Br)cc1CNCC1CCCCC1. The largest absolute Gasteiger partial charge is 0.481 e. The lowest BCUT2D eigenvalue weighted by Gasteiger charge is -2.22. The van der Waals surface area contributed by atoms with Crippen molar-refractivity contribution < 1.29 is 4.74 Å². The maximum absolute atomic E-state index is 5.59. The molecule has 0 atom stereocenters. The molecular formula is C17H22BrNO. The van der Waals surface area contributed by atoms with Gasteiger partial charge in [-0.3, -0.25) is 0 Å². The molecule has 1 aliphatic rings. The summed E-state index contributed by atoms with van der Waals surface area (Å²) in [7, 11) is 0. The van der Waals surface area contributed by atoms with Gasteiger partial charge in [-0.25, -0.2) is 0 Å². The molecule has 0 radical (unpaired) electrons. The van der Waals surface area contributed by atoms with Crippen LogP contribution in [0.5, 0.6) is 5.75 Å². The molecule has 0 amide bonds. The fourth-order valence-electron chi connectivity index (χ4n) is 2.75. The van der Waals surface area contributed by atoms with Gasteiger partial charge in [0.15, 0.2) is 0 Å². The average molecular weight is 336 g/mol. The minimum atomic E-state index is 0.317. The van der Waals surface area contributed by atoms with E-state index in [4.69, 9.17) is 11.2 Å². The van der Waals surface area contributed by atoms with Crippen LogP contribution in [-0.2, 0) is 6.54 Å². The Kier molecular flexibility index (Phi) is 6.42. The first-order valence-electron chi connectivity index (χ1n) is 7.35. The fourth-order valence-corrected chi connectivity index (χ4v) is 3.16. The molecule has 3 heteroatoms. The summed E-state index contributed by atoms with van der Waals surface area (Å²) in [6.07, 6.45) is 12.2. The Morgan fingerprint density at radius 3 is 2.85 bits per heavy atom. The van der Waals surface area contributed by atoms with Crippen molar-refractivity contribution in [1.29, 1.82) is 0 Å². The van der Waals surface area contributed by atoms with Crippen molar-refractivity contribution in [3.05, 3.63) is 28.2 Å². The Balaban J connectivity index is 1.87. The minimum absolute atomic E-state index is 0.317. The molecule has 1 aromatic rings. The number of ether oxygens (including phenoxy) is 1. The molecule has 1 saturated carbocycles. The first-order valence-corrected chi connectivity index (χ1v) is 8.14. The van der Waals surface area contributed by atoms with Crippen LogP contribution in [0.15, 0.2) is 22.7 Å². The predicted octanol–water partition coefficient (Wildman–Crippen LogP) is 4.13. The topological polar surface area (TPSA) is 21.3 Å². The van der Waals surface area contributed by atoms with E-state index >= 15 is 0 Å². The Hall–Kier alpha value is -0.980. The van der Waals surface area contributed by atoms with Gasteiger partial charge in [0.25, 0.3) is 0 Å². The van der Waals surface area contributed by atoms with E-state index in [0.29, 0.717) is 6.61 Å². The minimum Gasteiger partial charge on any atom is -0.481 e. The van der Waals surface area contributed by atoms with E-state index in [1.165, 1.54) is 32.1 Å². The van der Waals surface area contributed by atoms with Gasteiger partial charge in [-0.05, 0) is 43.5 Å². The highest BCUT2D eigenvalue weighted by molar-refractivity contribution is 9.10. The van der Waals surface area contributed by atoms with Crippen LogP contribution in [0, 0.1) is 18.3 Å². The second-order valence-electron chi connectivity index (χ2n) is 5.38. The molecule has 108 valence electrons. The lowest BCUT2D eigenvalue weighted by atomic mass is 9.89. The number of nitrogens with one attached hydrogen (secondary N) is 1. The van der Waals surface area contributed by atoms with Crippen molar-refractivity contribution in [2.75, 3.05) is 13.2 Å². The van der Waals surface area contributed by atoms with Gasteiger partial charge in [0.2, 0.25) is 0 Å². The summed E-state index contributed by atoms with van der Waals surface area (Å²) >= 11 is 3.51. The molecule has 0 aromatic heterocycles. The van der Waals surface area contributed by atoms with E-state index in [1.54, 1.807) is 0 Å². The zero-order valence-corrected chi connectivity index (χ0v) is 13.4. The first-order chi connectivity index (χ1) is 9.79. The third-order valence-electron chi connectivity index (χ3n) is 3.81. The summed E-state index contributed by atoms with van der Waals surface area (Å²) in [5.41, 5.74) is 1.16.